The maximum Gasteiger partial charge on any atom is 0.326 e. The molecule has 106 valence electrons. The summed E-state index contributed by atoms with van der Waals surface area (Å²) >= 11 is 1.50. The summed E-state index contributed by atoms with van der Waals surface area (Å²) in [4.78, 5) is 27.6. The molecule has 1 atom stereocenters. The van der Waals surface area contributed by atoms with E-state index in [0.717, 1.165) is 22.7 Å². The van der Waals surface area contributed by atoms with Crippen molar-refractivity contribution >= 4 is 23.3 Å². The molecule has 1 aromatic heterocycles. The Morgan fingerprint density at radius 2 is 2.26 bits per heavy atom. The lowest BCUT2D eigenvalue weighted by Crippen LogP contribution is -2.45. The van der Waals surface area contributed by atoms with Gasteiger partial charge in [-0.1, -0.05) is 19.8 Å². The second-order valence-electron chi connectivity index (χ2n) is 4.21. The maximum absolute atomic E-state index is 11.6. The Kier molecular flexibility index (Phi) is 6.27. The van der Waals surface area contributed by atoms with Crippen molar-refractivity contribution in [2.45, 2.75) is 45.7 Å². The van der Waals surface area contributed by atoms with E-state index < -0.39 is 18.0 Å². The van der Waals surface area contributed by atoms with Gasteiger partial charge in [0.15, 0.2) is 0 Å². The number of unbranched alkanes of at least 4 members (excludes halogenated alkanes) is 1. The number of urea groups is 1. The Balaban J connectivity index is 2.37. The maximum atomic E-state index is 11.6. The number of nitrogens with zero attached hydrogens (tertiary/aromatic N) is 1. The predicted molar refractivity (Wildman–Crippen MR) is 73.2 cm³/mol. The fraction of sp³-hybridized carbons (Fsp3) is 0.583. The van der Waals surface area contributed by atoms with E-state index in [1.165, 1.54) is 11.3 Å². The molecule has 0 spiro atoms. The number of aryl methyl sites for hydroxylation is 1. The molecule has 6 nitrogen and oxygen atoms in total. The van der Waals surface area contributed by atoms with Crippen LogP contribution in [-0.4, -0.2) is 28.1 Å². The van der Waals surface area contributed by atoms with Crippen molar-refractivity contribution in [1.82, 2.24) is 15.6 Å². The van der Waals surface area contributed by atoms with Crippen molar-refractivity contribution in [1.29, 1.82) is 0 Å². The minimum absolute atomic E-state index is 0.359. The molecule has 0 saturated heterocycles. The molecule has 0 aliphatic rings. The largest absolute Gasteiger partial charge is 0.480 e. The lowest BCUT2D eigenvalue weighted by atomic mass is 10.1. The van der Waals surface area contributed by atoms with E-state index in [0.29, 0.717) is 13.0 Å². The third kappa shape index (κ3) is 5.69. The SMILES string of the molecule is CCCC[C@H](NC(=O)NCc1cnc(C)s1)C(=O)O. The number of carboxylic acids is 1. The number of aliphatic carboxylic acids is 1. The molecule has 0 radical (unpaired) electrons. The summed E-state index contributed by atoms with van der Waals surface area (Å²) in [5, 5.41) is 15.0. The zero-order valence-corrected chi connectivity index (χ0v) is 11.9. The lowest BCUT2D eigenvalue weighted by Gasteiger charge is -2.14. The van der Waals surface area contributed by atoms with E-state index in [2.05, 4.69) is 15.6 Å². The van der Waals surface area contributed by atoms with Crippen molar-refractivity contribution in [3.8, 4) is 0 Å². The Bertz CT molecular complexity index is 434. The van der Waals surface area contributed by atoms with Crippen LogP contribution in [0.3, 0.4) is 0 Å². The third-order valence-corrected chi connectivity index (χ3v) is 3.45. The van der Waals surface area contributed by atoms with Crippen LogP contribution in [0.15, 0.2) is 6.20 Å². The number of carbonyl (C=O) groups excluding carboxylic acids is 1. The fourth-order valence-corrected chi connectivity index (χ4v) is 2.26. The molecule has 0 aliphatic heterocycles. The quantitative estimate of drug-likeness (QED) is 0.713. The van der Waals surface area contributed by atoms with E-state index in [-0.39, 0.29) is 0 Å². The Labute approximate surface area is 116 Å². The highest BCUT2D eigenvalue weighted by molar-refractivity contribution is 7.11. The molecule has 0 aromatic carbocycles. The lowest BCUT2D eigenvalue weighted by molar-refractivity contribution is -0.139. The van der Waals surface area contributed by atoms with Gasteiger partial charge in [-0.3, -0.25) is 0 Å². The van der Waals surface area contributed by atoms with Gasteiger partial charge in [-0.05, 0) is 13.3 Å². The fourth-order valence-electron chi connectivity index (χ4n) is 1.53. The predicted octanol–water partition coefficient (Wildman–Crippen LogP) is 1.89. The molecule has 0 unspecified atom stereocenters. The zero-order chi connectivity index (χ0) is 14.3. The first kappa shape index (κ1) is 15.4. The molecule has 0 saturated carbocycles. The van der Waals surface area contributed by atoms with E-state index in [9.17, 15) is 9.59 Å². The first-order chi connectivity index (χ1) is 9.02. The minimum Gasteiger partial charge on any atom is -0.480 e. The average Bonchev–Trinajstić information content (AvgIpc) is 2.77. The number of aromatic nitrogens is 1. The number of amides is 2. The second kappa shape index (κ2) is 7.73. The molecule has 2 amide bonds. The molecular weight excluding hydrogens is 266 g/mol. The second-order valence-corrected chi connectivity index (χ2v) is 5.52. The average molecular weight is 285 g/mol. The highest BCUT2D eigenvalue weighted by Crippen LogP contribution is 2.10. The first-order valence-corrected chi connectivity index (χ1v) is 7.03. The third-order valence-electron chi connectivity index (χ3n) is 2.54. The van der Waals surface area contributed by atoms with Crippen LogP contribution in [-0.2, 0) is 11.3 Å². The highest BCUT2D eigenvalue weighted by Gasteiger charge is 2.18. The number of nitrogens with one attached hydrogen (secondary N) is 2. The molecule has 1 rings (SSSR count). The van der Waals surface area contributed by atoms with E-state index in [1.807, 2.05) is 13.8 Å². The van der Waals surface area contributed by atoms with Gasteiger partial charge in [0.05, 0.1) is 11.6 Å². The van der Waals surface area contributed by atoms with Gasteiger partial charge >= 0.3 is 12.0 Å². The Morgan fingerprint density at radius 3 is 2.79 bits per heavy atom. The number of rotatable bonds is 7. The molecule has 0 fully saturated rings. The van der Waals surface area contributed by atoms with Crippen LogP contribution in [0.5, 0.6) is 0 Å². The number of carbonyl (C=O) groups is 2. The number of thiazole rings is 1. The van der Waals surface area contributed by atoms with Gasteiger partial charge in [0.1, 0.15) is 6.04 Å². The van der Waals surface area contributed by atoms with Crippen LogP contribution in [0.25, 0.3) is 0 Å². The summed E-state index contributed by atoms with van der Waals surface area (Å²) in [7, 11) is 0. The number of carboxylic acid groups (broad SMARTS) is 1. The summed E-state index contributed by atoms with van der Waals surface area (Å²) in [5.41, 5.74) is 0. The molecule has 7 heteroatoms. The number of hydrogen-bond donors (Lipinski definition) is 3. The van der Waals surface area contributed by atoms with Crippen LogP contribution in [0.2, 0.25) is 0 Å². The van der Waals surface area contributed by atoms with Crippen LogP contribution in [0.4, 0.5) is 4.79 Å². The van der Waals surface area contributed by atoms with Gasteiger partial charge in [0, 0.05) is 11.1 Å². The standard InChI is InChI=1S/C12H19N3O3S/c1-3-4-5-10(11(16)17)15-12(18)14-7-9-6-13-8(2)19-9/h6,10H,3-5,7H2,1-2H3,(H,16,17)(H2,14,15,18)/t10-/m0/s1. The highest BCUT2D eigenvalue weighted by atomic mass is 32.1. The van der Waals surface area contributed by atoms with Gasteiger partial charge in [-0.15, -0.1) is 11.3 Å². The van der Waals surface area contributed by atoms with Crippen LogP contribution >= 0.6 is 11.3 Å². The Hall–Kier alpha value is -1.63. The van der Waals surface area contributed by atoms with Crippen LogP contribution in [0.1, 0.15) is 36.1 Å². The summed E-state index contributed by atoms with van der Waals surface area (Å²) in [6, 6.07) is -1.29. The van der Waals surface area contributed by atoms with Crippen LogP contribution < -0.4 is 10.6 Å². The minimum atomic E-state index is -1.00. The molecule has 0 aliphatic carbocycles. The number of hydrogen-bond acceptors (Lipinski definition) is 4. The normalized spacial score (nSPS) is 11.9. The van der Waals surface area contributed by atoms with Gasteiger partial charge in [0.2, 0.25) is 0 Å². The first-order valence-electron chi connectivity index (χ1n) is 6.21. The van der Waals surface area contributed by atoms with E-state index in [4.69, 9.17) is 5.11 Å². The summed E-state index contributed by atoms with van der Waals surface area (Å²) < 4.78 is 0. The molecule has 1 aromatic rings. The Morgan fingerprint density at radius 1 is 1.53 bits per heavy atom. The van der Waals surface area contributed by atoms with E-state index in [1.54, 1.807) is 6.20 Å². The topological polar surface area (TPSA) is 91.3 Å². The van der Waals surface area contributed by atoms with Crippen molar-refractivity contribution in [3.05, 3.63) is 16.1 Å². The van der Waals surface area contributed by atoms with Crippen molar-refractivity contribution in [2.24, 2.45) is 0 Å². The molecule has 19 heavy (non-hydrogen) atoms. The molecule has 3 N–H and O–H groups in total. The zero-order valence-electron chi connectivity index (χ0n) is 11.1. The molecular formula is C12H19N3O3S. The summed E-state index contributed by atoms with van der Waals surface area (Å²) in [5.74, 6) is -1.00. The van der Waals surface area contributed by atoms with Gasteiger partial charge < -0.3 is 15.7 Å². The van der Waals surface area contributed by atoms with Crippen molar-refractivity contribution in [3.63, 3.8) is 0 Å². The van der Waals surface area contributed by atoms with Crippen LogP contribution in [0, 0.1) is 6.92 Å². The summed E-state index contributed by atoms with van der Waals surface area (Å²) in [6.07, 6.45) is 3.81. The monoisotopic (exact) mass is 285 g/mol. The van der Waals surface area contributed by atoms with Gasteiger partial charge in [0.25, 0.3) is 0 Å². The molecule has 1 heterocycles. The van der Waals surface area contributed by atoms with Gasteiger partial charge in [-0.2, -0.15) is 0 Å². The van der Waals surface area contributed by atoms with Gasteiger partial charge in [-0.25, -0.2) is 14.6 Å². The van der Waals surface area contributed by atoms with E-state index >= 15 is 0 Å². The summed E-state index contributed by atoms with van der Waals surface area (Å²) in [6.45, 7) is 4.22. The smallest absolute Gasteiger partial charge is 0.326 e. The van der Waals surface area contributed by atoms with Crippen molar-refractivity contribution < 1.29 is 14.7 Å². The molecule has 0 bridgehead atoms. The van der Waals surface area contributed by atoms with Crippen molar-refractivity contribution in [2.75, 3.05) is 0 Å².